The van der Waals surface area contributed by atoms with Crippen LogP contribution in [0.1, 0.15) is 5.56 Å². The first-order valence-corrected chi connectivity index (χ1v) is 2.45. The average molecular weight is 116 g/mol. The molecule has 1 aromatic rings. The van der Waals surface area contributed by atoms with Crippen molar-refractivity contribution in [1.29, 1.82) is 0 Å². The fourth-order valence-corrected chi connectivity index (χ4v) is 0.511. The summed E-state index contributed by atoms with van der Waals surface area (Å²) in [5.41, 5.74) is 0.938. The van der Waals surface area contributed by atoms with Gasteiger partial charge < -0.3 is 18.2 Å². The summed E-state index contributed by atoms with van der Waals surface area (Å²) in [6, 6.07) is 10.5. The third-order valence-corrected chi connectivity index (χ3v) is 0.913. The second kappa shape index (κ2) is 7.26. The van der Waals surface area contributed by atoms with Crippen molar-refractivity contribution in [1.82, 2.24) is 0 Å². The smallest absolute Gasteiger partial charge is 0.344 e. The number of rotatable bonds is 1. The molecule has 0 spiro atoms. The van der Waals surface area contributed by atoms with Crippen LogP contribution in [0.3, 0.4) is 0 Å². The Morgan fingerprint density at radius 1 is 1.30 bits per heavy atom. The Morgan fingerprint density at radius 3 is 2.30 bits per heavy atom. The van der Waals surface area contributed by atoms with Gasteiger partial charge in [-0.25, -0.2) is 12.1 Å². The van der Waals surface area contributed by atoms with Crippen molar-refractivity contribution >= 4 is 6.08 Å². The van der Waals surface area contributed by atoms with E-state index in [1.54, 1.807) is 0 Å². The maximum Gasteiger partial charge on any atom is 1.00 e. The molecule has 0 heterocycles. The molecule has 10 heavy (non-hydrogen) atoms. The van der Waals surface area contributed by atoms with Crippen molar-refractivity contribution < 1.29 is 37.7 Å². The summed E-state index contributed by atoms with van der Waals surface area (Å²) < 4.78 is 0. The van der Waals surface area contributed by atoms with E-state index in [2.05, 4.69) is 6.07 Å². The molecule has 0 radical (unpaired) electrons. The van der Waals surface area contributed by atoms with E-state index >= 15 is 0 Å². The van der Waals surface area contributed by atoms with E-state index in [0.29, 0.717) is 0 Å². The van der Waals surface area contributed by atoms with Crippen LogP contribution in [0.15, 0.2) is 24.3 Å². The Labute approximate surface area is 86.1 Å². The predicted octanol–water partition coefficient (Wildman–Crippen LogP) is -4.06. The number of hydrogen-bond acceptors (Lipinski definition) is 0. The van der Waals surface area contributed by atoms with Gasteiger partial charge in [-0.15, -0.1) is 6.07 Å². The van der Waals surface area contributed by atoms with Crippen molar-refractivity contribution in [2.45, 2.75) is 0 Å². The van der Waals surface area contributed by atoms with Crippen molar-refractivity contribution in [3.05, 3.63) is 42.5 Å². The van der Waals surface area contributed by atoms with Gasteiger partial charge in [0.15, 0.2) is 0 Å². The molecule has 0 saturated heterocycles. The van der Waals surface area contributed by atoms with Crippen LogP contribution in [0, 0.1) is 12.6 Å². The van der Waals surface area contributed by atoms with Gasteiger partial charge in [-0.1, -0.05) is 0 Å². The molecule has 0 amide bonds. The molecule has 0 atom stereocenters. The summed E-state index contributed by atoms with van der Waals surface area (Å²) in [6.45, 7) is 5.19. The molecule has 0 unspecified atom stereocenters. The molecule has 0 aromatic heterocycles. The van der Waals surface area contributed by atoms with E-state index in [-0.39, 0.29) is 37.7 Å². The molecule has 1 rings (SSSR count). The van der Waals surface area contributed by atoms with Crippen molar-refractivity contribution in [3.63, 3.8) is 0 Å². The van der Waals surface area contributed by atoms with Gasteiger partial charge in [-0.3, -0.25) is 0 Å². The van der Waals surface area contributed by atoms with Gasteiger partial charge in [0.05, 0.1) is 0 Å². The zero-order valence-electron chi connectivity index (χ0n) is 6.46. The zero-order chi connectivity index (χ0) is 5.82. The average Bonchev–Trinajstić information content (AvgIpc) is 1.90. The Morgan fingerprint density at radius 2 is 2.00 bits per heavy atom. The fraction of sp³-hybridized carbons (Fsp3) is 0. The molecule has 0 aliphatic rings. The summed E-state index contributed by atoms with van der Waals surface area (Å²) in [6.07, 6.45) is 1.53. The Hall–Kier alpha value is 0.155. The molecular formula is C8H6Li2. The van der Waals surface area contributed by atoms with Gasteiger partial charge in [0, 0.05) is 0 Å². The van der Waals surface area contributed by atoms with E-state index in [0.717, 1.165) is 5.56 Å². The Kier molecular flexibility index (Phi) is 9.30. The van der Waals surface area contributed by atoms with Crippen LogP contribution in [0.25, 0.3) is 6.08 Å². The summed E-state index contributed by atoms with van der Waals surface area (Å²) >= 11 is 0. The van der Waals surface area contributed by atoms with E-state index in [1.807, 2.05) is 24.3 Å². The van der Waals surface area contributed by atoms with Crippen LogP contribution in [0.4, 0.5) is 0 Å². The minimum Gasteiger partial charge on any atom is -0.344 e. The Balaban J connectivity index is 0. The van der Waals surface area contributed by atoms with Gasteiger partial charge >= 0.3 is 37.7 Å². The molecule has 0 nitrogen and oxygen atoms in total. The SMILES string of the molecule is [CH-]=Cc1[c-]cccc1.[Li+].[Li+]. The molecular weight excluding hydrogens is 110 g/mol. The third-order valence-electron chi connectivity index (χ3n) is 0.913. The van der Waals surface area contributed by atoms with Crippen molar-refractivity contribution in [2.75, 3.05) is 0 Å². The fourth-order valence-electron chi connectivity index (χ4n) is 0.511. The van der Waals surface area contributed by atoms with Gasteiger partial charge in [0.25, 0.3) is 0 Å². The third kappa shape index (κ3) is 4.05. The van der Waals surface area contributed by atoms with Gasteiger partial charge in [0.1, 0.15) is 0 Å². The minimum absolute atomic E-state index is 0. The molecule has 0 bridgehead atoms. The normalized spacial score (nSPS) is 6.80. The predicted molar refractivity (Wildman–Crippen MR) is 34.0 cm³/mol. The zero-order valence-corrected chi connectivity index (χ0v) is 6.46. The minimum atomic E-state index is 0. The number of benzene rings is 1. The Bertz CT molecular complexity index is 170. The molecule has 0 aliphatic heterocycles. The maximum atomic E-state index is 5.19. The van der Waals surface area contributed by atoms with E-state index in [9.17, 15) is 0 Å². The molecule has 0 saturated carbocycles. The van der Waals surface area contributed by atoms with Crippen LogP contribution in [0.5, 0.6) is 0 Å². The molecule has 0 aliphatic carbocycles. The summed E-state index contributed by atoms with van der Waals surface area (Å²) in [4.78, 5) is 0. The van der Waals surface area contributed by atoms with Crippen molar-refractivity contribution in [3.8, 4) is 0 Å². The summed E-state index contributed by atoms with van der Waals surface area (Å²) in [5, 5.41) is 0. The van der Waals surface area contributed by atoms with Crippen LogP contribution in [0.2, 0.25) is 0 Å². The standard InChI is InChI=1S/C8H6.2Li/c1-2-8-6-4-3-5-7-8;;/h1-6H;;/q-2;2*+1. The van der Waals surface area contributed by atoms with Crippen LogP contribution in [-0.2, 0) is 0 Å². The second-order valence-electron chi connectivity index (χ2n) is 1.48. The summed E-state index contributed by atoms with van der Waals surface area (Å²) in [7, 11) is 0. The summed E-state index contributed by atoms with van der Waals surface area (Å²) in [5.74, 6) is 0. The molecule has 0 N–H and O–H groups in total. The van der Waals surface area contributed by atoms with Gasteiger partial charge in [-0.05, 0) is 0 Å². The molecule has 0 fully saturated rings. The van der Waals surface area contributed by atoms with Crippen LogP contribution in [-0.4, -0.2) is 0 Å². The monoisotopic (exact) mass is 116 g/mol. The van der Waals surface area contributed by atoms with Gasteiger partial charge in [-0.2, -0.15) is 12.1 Å². The second-order valence-corrected chi connectivity index (χ2v) is 1.48. The quantitative estimate of drug-likeness (QED) is 0.259. The first-order chi connectivity index (χ1) is 3.93. The first kappa shape index (κ1) is 12.8. The van der Waals surface area contributed by atoms with E-state index < -0.39 is 0 Å². The number of hydrogen-bond donors (Lipinski definition) is 0. The van der Waals surface area contributed by atoms with Crippen LogP contribution < -0.4 is 37.7 Å². The maximum absolute atomic E-state index is 5.19. The first-order valence-electron chi connectivity index (χ1n) is 2.45. The van der Waals surface area contributed by atoms with Crippen molar-refractivity contribution in [2.24, 2.45) is 0 Å². The largest absolute Gasteiger partial charge is 1.00 e. The van der Waals surface area contributed by atoms with Gasteiger partial charge in [0.2, 0.25) is 0 Å². The molecule has 1 aromatic carbocycles. The molecule has 2 heteroatoms. The van der Waals surface area contributed by atoms with E-state index in [1.165, 1.54) is 6.08 Å². The van der Waals surface area contributed by atoms with Crippen LogP contribution >= 0.6 is 0 Å². The molecule has 40 valence electrons. The van der Waals surface area contributed by atoms with E-state index in [4.69, 9.17) is 6.58 Å². The topological polar surface area (TPSA) is 0 Å².